The van der Waals surface area contributed by atoms with Crippen LogP contribution in [-0.4, -0.2) is 94.2 Å². The Balaban J connectivity index is -0.0000000792. The molecule has 0 aliphatic rings. The van der Waals surface area contributed by atoms with E-state index in [2.05, 4.69) is 60.2 Å². The van der Waals surface area contributed by atoms with E-state index >= 15 is 0 Å². The maximum atomic E-state index is 11.4. The van der Waals surface area contributed by atoms with E-state index in [4.69, 9.17) is 35.5 Å². The summed E-state index contributed by atoms with van der Waals surface area (Å²) in [6, 6.07) is 0. The van der Waals surface area contributed by atoms with Crippen LogP contribution in [0.5, 0.6) is 0 Å². The zero-order chi connectivity index (χ0) is 28.2. The summed E-state index contributed by atoms with van der Waals surface area (Å²) in [6.45, 7) is 11.1. The van der Waals surface area contributed by atoms with Crippen molar-refractivity contribution in [3.05, 3.63) is 5.41 Å². The summed E-state index contributed by atoms with van der Waals surface area (Å²) < 4.78 is 34.0. The molecule has 0 saturated carbocycles. The van der Waals surface area contributed by atoms with Gasteiger partial charge in [-0.25, -0.2) is 18.6 Å². The second-order valence-electron chi connectivity index (χ2n) is 9.06. The molecule has 0 bridgehead atoms. The molecular weight excluding hydrogens is 628 g/mol. The number of nitrogens with two attached hydrogens (primary N) is 2. The largest absolute Gasteiger partial charge is 2.00 e. The first-order valence-electron chi connectivity index (χ1n) is 9.93. The van der Waals surface area contributed by atoms with E-state index in [1.165, 1.54) is 5.16 Å². The van der Waals surface area contributed by atoms with Gasteiger partial charge in [0.1, 0.15) is 0 Å². The monoisotopic (exact) mass is 669 g/mol. The minimum Gasteiger partial charge on any atom is -0.858 e. The van der Waals surface area contributed by atoms with Crippen molar-refractivity contribution in [1.29, 1.82) is 0 Å². The van der Waals surface area contributed by atoms with Crippen LogP contribution < -0.4 is 40.3 Å². The van der Waals surface area contributed by atoms with Crippen LogP contribution in [0.1, 0.15) is 27.7 Å². The van der Waals surface area contributed by atoms with Crippen LogP contribution >= 0.6 is 12.2 Å². The SMILES string of the molecule is CC(C)(CN)CN=C([O-])C([O-])=NCC(C)(C)CN.CN(C)CCN(C)C.[Cu+2].[N-]=C=S.[Ni+2].[O-][Cl+3]([O-])([O-])[O-].[OH3+]. The first kappa shape index (κ1) is 53.0. The van der Waals surface area contributed by atoms with Gasteiger partial charge in [-0.3, -0.25) is 9.98 Å². The molecule has 0 heterocycles. The number of rotatable bonds is 9. The molecule has 229 valence electrons. The van der Waals surface area contributed by atoms with Crippen molar-refractivity contribution in [3.63, 3.8) is 0 Å². The molecule has 0 aromatic heterocycles. The summed E-state index contributed by atoms with van der Waals surface area (Å²) in [5.74, 6) is -1.63. The molecule has 1 radical (unpaired) electrons. The summed E-state index contributed by atoms with van der Waals surface area (Å²) in [4.78, 5) is 11.8. The molecule has 0 aromatic carbocycles. The number of halogens is 1. The van der Waals surface area contributed by atoms with Gasteiger partial charge in [-0.15, -0.1) is 10.2 Å². The molecule has 18 heteroatoms. The Hall–Kier alpha value is -0.317. The summed E-state index contributed by atoms with van der Waals surface area (Å²) in [6.07, 6.45) is 0. The first-order chi connectivity index (χ1) is 15.2. The fraction of sp³-hybridized carbons (Fsp3) is 0.842. The van der Waals surface area contributed by atoms with Gasteiger partial charge in [-0.1, -0.05) is 39.9 Å². The van der Waals surface area contributed by atoms with E-state index < -0.39 is 22.0 Å². The number of likely N-dealkylation sites (N-methyl/N-ethyl adjacent to an activating group) is 2. The number of aliphatic imine (C=N–C) groups is 2. The molecule has 0 spiro atoms. The normalized spacial score (nSPS) is 11.6. The molecule has 0 aliphatic carbocycles. The van der Waals surface area contributed by atoms with Gasteiger partial charge in [-0.2, -0.15) is 5.16 Å². The predicted molar refractivity (Wildman–Crippen MR) is 128 cm³/mol. The zero-order valence-electron chi connectivity index (χ0n) is 22.6. The van der Waals surface area contributed by atoms with Crippen molar-refractivity contribution >= 4 is 29.2 Å². The minimum absolute atomic E-state index is 0. The molecule has 0 atom stereocenters. The molecule has 0 aliphatic heterocycles. The standard InChI is InChI=1S/C12H26N4O2.C6H16N2.CNS.ClHO4.Cu.Ni.H2O/c1-11(2,5-13)7-15-9(17)10(18)16-8-12(3,4)6-14;1-7(2)5-6-8(3)4;2-1-3;2-1(3,4)5;;;/h5-8,13-14H2,1-4H3,(H,15,17)(H,16,18);5-6H2,1-4H3;;(H,2,3,4,5);;;1H2/q;;-1;;2*+2;/p-2. The molecule has 0 amide bonds. The van der Waals surface area contributed by atoms with Gasteiger partial charge < -0.3 is 42.4 Å². The van der Waals surface area contributed by atoms with Gasteiger partial charge in [0, 0.05) is 26.2 Å². The molecule has 0 unspecified atom stereocenters. The topological polar surface area (TPSA) is 277 Å². The maximum absolute atomic E-state index is 11.4. The molecular formula is C19H43ClCuN7NiO7S+. The van der Waals surface area contributed by atoms with Crippen molar-refractivity contribution in [2.75, 3.05) is 67.5 Å². The molecule has 7 N–H and O–H groups in total. The van der Waals surface area contributed by atoms with Crippen LogP contribution in [0.3, 0.4) is 0 Å². The summed E-state index contributed by atoms with van der Waals surface area (Å²) in [5, 5.41) is 31.3. The van der Waals surface area contributed by atoms with Crippen LogP contribution in [0, 0.1) is 21.1 Å². The van der Waals surface area contributed by atoms with Gasteiger partial charge in [0.2, 0.25) is 0 Å². The fourth-order valence-corrected chi connectivity index (χ4v) is 1.24. The number of hydrogen-bond donors (Lipinski definition) is 2. The second-order valence-corrected chi connectivity index (χ2v) is 9.99. The third-order valence-electron chi connectivity index (χ3n) is 3.58. The Kier molecular flexibility index (Phi) is 41.1. The number of nitrogens with zero attached hydrogens (tertiary/aromatic N) is 5. The van der Waals surface area contributed by atoms with Crippen molar-refractivity contribution in [2.45, 2.75) is 27.7 Å². The summed E-state index contributed by atoms with van der Waals surface area (Å²) in [5.41, 5.74) is 10.4. The Morgan fingerprint density at radius 3 is 1.16 bits per heavy atom. The summed E-state index contributed by atoms with van der Waals surface area (Å²) in [7, 11) is 3.40. The fourth-order valence-electron chi connectivity index (χ4n) is 1.24. The zero-order valence-corrected chi connectivity index (χ0v) is 26.1. The molecule has 14 nitrogen and oxygen atoms in total. The van der Waals surface area contributed by atoms with Crippen LogP contribution in [-0.2, 0) is 39.0 Å². The molecule has 37 heavy (non-hydrogen) atoms. The van der Waals surface area contributed by atoms with E-state index in [1.54, 1.807) is 0 Å². The predicted octanol–water partition coefficient (Wildman–Crippen LogP) is -6.44. The number of isothiocyanates is 1. The smallest absolute Gasteiger partial charge is 0.858 e. The second kappa shape index (κ2) is 28.7. The van der Waals surface area contributed by atoms with Gasteiger partial charge in [-0.05, 0) is 63.9 Å². The van der Waals surface area contributed by atoms with E-state index in [1.807, 2.05) is 27.7 Å². The van der Waals surface area contributed by atoms with Crippen LogP contribution in [0.2, 0.25) is 0 Å². The molecule has 0 saturated heterocycles. The van der Waals surface area contributed by atoms with Gasteiger partial charge >= 0.3 is 33.6 Å². The maximum Gasteiger partial charge on any atom is 2.00 e. The third-order valence-corrected chi connectivity index (χ3v) is 3.58. The average molecular weight is 671 g/mol. The first-order valence-corrected chi connectivity index (χ1v) is 11.6. The quantitative estimate of drug-likeness (QED) is 0.0764. The number of hydrogen-bond acceptors (Lipinski definition) is 13. The summed E-state index contributed by atoms with van der Waals surface area (Å²) >= 11 is 3.70. The molecule has 0 rings (SSSR count). The van der Waals surface area contributed by atoms with Crippen LogP contribution in [0.15, 0.2) is 9.98 Å². The average Bonchev–Trinajstić information content (AvgIpc) is 2.68. The van der Waals surface area contributed by atoms with Crippen LogP contribution in [0.25, 0.3) is 5.41 Å². The minimum atomic E-state index is -4.94. The van der Waals surface area contributed by atoms with Crippen molar-refractivity contribution in [1.82, 2.24) is 9.80 Å². The molecule has 0 fully saturated rings. The van der Waals surface area contributed by atoms with Crippen molar-refractivity contribution < 1.29 is 78.1 Å². The molecule has 0 aromatic rings. The Morgan fingerprint density at radius 2 is 1.03 bits per heavy atom. The van der Waals surface area contributed by atoms with Gasteiger partial charge in [0.25, 0.3) is 0 Å². The van der Waals surface area contributed by atoms with Gasteiger partial charge in [0.05, 0.1) is 0 Å². The number of thiocarbonyl (C=S) groups is 1. The Bertz CT molecular complexity index is 576. The van der Waals surface area contributed by atoms with E-state index in [9.17, 15) is 10.2 Å². The van der Waals surface area contributed by atoms with E-state index in [0.29, 0.717) is 13.1 Å². The van der Waals surface area contributed by atoms with Crippen molar-refractivity contribution in [3.8, 4) is 0 Å². The van der Waals surface area contributed by atoms with E-state index in [-0.39, 0.29) is 63.0 Å². The van der Waals surface area contributed by atoms with Gasteiger partial charge in [0.15, 0.2) is 0 Å². The third kappa shape index (κ3) is 56.9. The van der Waals surface area contributed by atoms with E-state index in [0.717, 1.165) is 13.1 Å². The Morgan fingerprint density at radius 1 is 0.838 bits per heavy atom. The van der Waals surface area contributed by atoms with Crippen LogP contribution in [0.4, 0.5) is 0 Å². The van der Waals surface area contributed by atoms with Crippen molar-refractivity contribution in [2.24, 2.45) is 32.3 Å². The Labute approximate surface area is 249 Å².